The molecule has 0 radical (unpaired) electrons. The lowest BCUT2D eigenvalue weighted by molar-refractivity contribution is 0.570. The third-order valence-corrected chi connectivity index (χ3v) is 1.75. The van der Waals surface area contributed by atoms with Crippen molar-refractivity contribution in [3.63, 3.8) is 0 Å². The van der Waals surface area contributed by atoms with Gasteiger partial charge in [-0.15, -0.1) is 0 Å². The molecule has 1 rings (SSSR count). The predicted octanol–water partition coefficient (Wildman–Crippen LogP) is 2.25. The molecular weight excluding hydrogens is 136 g/mol. The highest BCUT2D eigenvalue weighted by atomic mass is 15.3. The molecule has 0 aliphatic heterocycles. The van der Waals surface area contributed by atoms with E-state index >= 15 is 0 Å². The van der Waals surface area contributed by atoms with Crippen molar-refractivity contribution in [1.82, 2.24) is 9.78 Å². The van der Waals surface area contributed by atoms with Crippen LogP contribution in [0, 0.1) is 0 Å². The lowest BCUT2D eigenvalue weighted by Gasteiger charge is -2.03. The van der Waals surface area contributed by atoms with E-state index in [1.54, 1.807) is 0 Å². The molecule has 0 spiro atoms. The van der Waals surface area contributed by atoms with Gasteiger partial charge < -0.3 is 0 Å². The smallest absolute Gasteiger partial charge is 0.0492 e. The highest BCUT2D eigenvalue weighted by Crippen LogP contribution is 2.02. The van der Waals surface area contributed by atoms with E-state index in [-0.39, 0.29) is 0 Å². The molecule has 0 saturated carbocycles. The first-order chi connectivity index (χ1) is 5.38. The van der Waals surface area contributed by atoms with Gasteiger partial charge >= 0.3 is 0 Å². The Kier molecular flexibility index (Phi) is 3.14. The molecule has 1 heterocycles. The molecule has 0 aliphatic carbocycles. The summed E-state index contributed by atoms with van der Waals surface area (Å²) in [5.74, 6) is 0. The topological polar surface area (TPSA) is 17.8 Å². The van der Waals surface area contributed by atoms with E-state index in [1.807, 2.05) is 6.20 Å². The quantitative estimate of drug-likeness (QED) is 0.647. The standard InChI is InChI=1S/C9H16N2/c1-3-5-9-6-7-10-11(9)8-4-2/h6-7H,3-5,8H2,1-2H3. The zero-order valence-corrected chi connectivity index (χ0v) is 7.38. The van der Waals surface area contributed by atoms with Crippen LogP contribution in [0.25, 0.3) is 0 Å². The van der Waals surface area contributed by atoms with Crippen LogP contribution >= 0.6 is 0 Å². The monoisotopic (exact) mass is 152 g/mol. The maximum absolute atomic E-state index is 4.24. The van der Waals surface area contributed by atoms with Gasteiger partial charge in [0.15, 0.2) is 0 Å². The van der Waals surface area contributed by atoms with Crippen LogP contribution in [0.5, 0.6) is 0 Å². The van der Waals surface area contributed by atoms with Gasteiger partial charge in [0.05, 0.1) is 0 Å². The molecule has 0 N–H and O–H groups in total. The van der Waals surface area contributed by atoms with Crippen molar-refractivity contribution < 1.29 is 0 Å². The van der Waals surface area contributed by atoms with Gasteiger partial charge in [0.2, 0.25) is 0 Å². The first-order valence-corrected chi connectivity index (χ1v) is 4.39. The normalized spacial score (nSPS) is 10.4. The van der Waals surface area contributed by atoms with Gasteiger partial charge in [0.1, 0.15) is 0 Å². The zero-order chi connectivity index (χ0) is 8.10. The predicted molar refractivity (Wildman–Crippen MR) is 46.5 cm³/mol. The Morgan fingerprint density at radius 2 is 2.18 bits per heavy atom. The Morgan fingerprint density at radius 1 is 1.36 bits per heavy atom. The summed E-state index contributed by atoms with van der Waals surface area (Å²) >= 11 is 0. The Hall–Kier alpha value is -0.790. The van der Waals surface area contributed by atoms with Gasteiger partial charge in [-0.25, -0.2) is 0 Å². The van der Waals surface area contributed by atoms with Crippen molar-refractivity contribution in [3.05, 3.63) is 18.0 Å². The fourth-order valence-electron chi connectivity index (χ4n) is 1.24. The molecule has 2 heteroatoms. The molecule has 11 heavy (non-hydrogen) atoms. The largest absolute Gasteiger partial charge is 0.270 e. The van der Waals surface area contributed by atoms with Crippen LogP contribution in [0.2, 0.25) is 0 Å². The minimum atomic E-state index is 1.06. The van der Waals surface area contributed by atoms with E-state index in [0.717, 1.165) is 13.0 Å². The van der Waals surface area contributed by atoms with Crippen molar-refractivity contribution in [3.8, 4) is 0 Å². The average molecular weight is 152 g/mol. The van der Waals surface area contributed by atoms with Crippen LogP contribution < -0.4 is 0 Å². The summed E-state index contributed by atoms with van der Waals surface area (Å²) in [4.78, 5) is 0. The van der Waals surface area contributed by atoms with Crippen LogP contribution in [0.1, 0.15) is 32.4 Å². The van der Waals surface area contributed by atoms with E-state index in [1.165, 1.54) is 18.5 Å². The molecule has 1 aromatic heterocycles. The number of nitrogens with zero attached hydrogens (tertiary/aromatic N) is 2. The number of aryl methyl sites for hydroxylation is 2. The molecule has 2 nitrogen and oxygen atoms in total. The number of hydrogen-bond donors (Lipinski definition) is 0. The van der Waals surface area contributed by atoms with Crippen LogP contribution in [-0.2, 0) is 13.0 Å². The summed E-state index contributed by atoms with van der Waals surface area (Å²) in [6, 6.07) is 2.11. The third kappa shape index (κ3) is 2.07. The van der Waals surface area contributed by atoms with E-state index in [0.29, 0.717) is 0 Å². The molecule has 0 unspecified atom stereocenters. The van der Waals surface area contributed by atoms with Gasteiger partial charge in [-0.05, 0) is 18.9 Å². The summed E-state index contributed by atoms with van der Waals surface area (Å²) in [6.07, 6.45) is 5.41. The maximum Gasteiger partial charge on any atom is 0.0492 e. The van der Waals surface area contributed by atoms with Gasteiger partial charge in [-0.1, -0.05) is 20.3 Å². The van der Waals surface area contributed by atoms with E-state index in [2.05, 4.69) is 29.7 Å². The second kappa shape index (κ2) is 4.16. The molecule has 0 aliphatic rings. The molecule has 0 saturated heterocycles. The average Bonchev–Trinajstić information content (AvgIpc) is 2.39. The van der Waals surface area contributed by atoms with Crippen molar-refractivity contribution in [1.29, 1.82) is 0 Å². The van der Waals surface area contributed by atoms with Crippen molar-refractivity contribution >= 4 is 0 Å². The fourth-order valence-corrected chi connectivity index (χ4v) is 1.24. The Bertz CT molecular complexity index is 183. The first-order valence-electron chi connectivity index (χ1n) is 4.39. The van der Waals surface area contributed by atoms with E-state index in [4.69, 9.17) is 0 Å². The van der Waals surface area contributed by atoms with Crippen LogP contribution in [0.15, 0.2) is 12.3 Å². The molecule has 0 atom stereocenters. The van der Waals surface area contributed by atoms with Gasteiger partial charge in [-0.3, -0.25) is 4.68 Å². The minimum Gasteiger partial charge on any atom is -0.270 e. The van der Waals surface area contributed by atoms with Crippen LogP contribution in [0.3, 0.4) is 0 Å². The molecule has 0 bridgehead atoms. The summed E-state index contributed by atoms with van der Waals surface area (Å²) in [7, 11) is 0. The molecule has 0 amide bonds. The summed E-state index contributed by atoms with van der Waals surface area (Å²) in [5, 5.41) is 4.24. The molecular formula is C9H16N2. The highest BCUT2D eigenvalue weighted by molar-refractivity contribution is 5.00. The molecule has 62 valence electrons. The minimum absolute atomic E-state index is 1.06. The van der Waals surface area contributed by atoms with Crippen LogP contribution in [0.4, 0.5) is 0 Å². The van der Waals surface area contributed by atoms with Crippen molar-refractivity contribution in [2.75, 3.05) is 0 Å². The zero-order valence-electron chi connectivity index (χ0n) is 7.38. The second-order valence-electron chi connectivity index (χ2n) is 2.80. The highest BCUT2D eigenvalue weighted by Gasteiger charge is 1.98. The Balaban J connectivity index is 2.62. The molecule has 1 aromatic rings. The third-order valence-electron chi connectivity index (χ3n) is 1.75. The number of rotatable bonds is 4. The van der Waals surface area contributed by atoms with Gasteiger partial charge in [0.25, 0.3) is 0 Å². The summed E-state index contributed by atoms with van der Waals surface area (Å²) < 4.78 is 2.10. The van der Waals surface area contributed by atoms with Crippen molar-refractivity contribution in [2.45, 2.75) is 39.7 Å². The second-order valence-corrected chi connectivity index (χ2v) is 2.80. The summed E-state index contributed by atoms with van der Waals surface area (Å²) in [5.41, 5.74) is 1.37. The lowest BCUT2D eigenvalue weighted by Crippen LogP contribution is -2.03. The first kappa shape index (κ1) is 8.31. The Labute approximate surface area is 68.2 Å². The molecule has 0 aromatic carbocycles. The number of hydrogen-bond acceptors (Lipinski definition) is 1. The molecule has 0 fully saturated rings. The maximum atomic E-state index is 4.24. The lowest BCUT2D eigenvalue weighted by atomic mass is 10.2. The van der Waals surface area contributed by atoms with Crippen LogP contribution in [-0.4, -0.2) is 9.78 Å². The van der Waals surface area contributed by atoms with E-state index < -0.39 is 0 Å². The summed E-state index contributed by atoms with van der Waals surface area (Å²) in [6.45, 7) is 5.43. The number of aromatic nitrogens is 2. The fraction of sp³-hybridized carbons (Fsp3) is 0.667. The van der Waals surface area contributed by atoms with E-state index in [9.17, 15) is 0 Å². The SMILES string of the molecule is CCCc1ccnn1CCC. The van der Waals surface area contributed by atoms with Gasteiger partial charge in [0, 0.05) is 18.4 Å². The van der Waals surface area contributed by atoms with Gasteiger partial charge in [-0.2, -0.15) is 5.10 Å². The Morgan fingerprint density at radius 3 is 2.82 bits per heavy atom. The van der Waals surface area contributed by atoms with Crippen molar-refractivity contribution in [2.24, 2.45) is 0 Å².